The summed E-state index contributed by atoms with van der Waals surface area (Å²) in [4.78, 5) is 11.8. The lowest BCUT2D eigenvalue weighted by atomic mass is 9.88. The summed E-state index contributed by atoms with van der Waals surface area (Å²) >= 11 is 0. The molecule has 0 bridgehead atoms. The van der Waals surface area contributed by atoms with Crippen molar-refractivity contribution in [3.63, 3.8) is 0 Å². The predicted molar refractivity (Wildman–Crippen MR) is 127 cm³/mol. The van der Waals surface area contributed by atoms with Gasteiger partial charge in [-0.25, -0.2) is 0 Å². The lowest BCUT2D eigenvalue weighted by Crippen LogP contribution is -2.59. The lowest BCUT2D eigenvalue weighted by Gasteiger charge is -2.44. The first kappa shape index (κ1) is 23.4. The van der Waals surface area contributed by atoms with Gasteiger partial charge in [-0.15, -0.1) is 24.0 Å². The SMILES string of the molecule is CN=C(NCC1(N(C)C)CCOCC1)N1CCN(Cc2ccccc2)CC1.I. The Labute approximate surface area is 187 Å². The minimum Gasteiger partial charge on any atom is -0.381 e. The molecule has 7 heteroatoms. The van der Waals surface area contributed by atoms with E-state index in [1.165, 1.54) is 5.56 Å². The van der Waals surface area contributed by atoms with Crippen LogP contribution in [0, 0.1) is 0 Å². The van der Waals surface area contributed by atoms with Gasteiger partial charge >= 0.3 is 0 Å². The summed E-state index contributed by atoms with van der Waals surface area (Å²) in [5.74, 6) is 1.03. The fourth-order valence-electron chi connectivity index (χ4n) is 4.07. The van der Waals surface area contributed by atoms with E-state index in [-0.39, 0.29) is 29.5 Å². The number of hydrogen-bond acceptors (Lipinski definition) is 4. The van der Waals surface area contributed by atoms with Crippen LogP contribution in [0.4, 0.5) is 0 Å². The molecule has 0 radical (unpaired) electrons. The van der Waals surface area contributed by atoms with Crippen LogP contribution >= 0.6 is 24.0 Å². The number of likely N-dealkylation sites (N-methyl/N-ethyl adjacent to an activating group) is 1. The van der Waals surface area contributed by atoms with Crippen LogP contribution in [0.3, 0.4) is 0 Å². The van der Waals surface area contributed by atoms with Crippen LogP contribution in [-0.4, -0.2) is 93.3 Å². The molecule has 0 amide bonds. The number of nitrogens with zero attached hydrogens (tertiary/aromatic N) is 4. The summed E-state index contributed by atoms with van der Waals surface area (Å²) in [6.45, 7) is 7.82. The van der Waals surface area contributed by atoms with E-state index < -0.39 is 0 Å². The highest BCUT2D eigenvalue weighted by molar-refractivity contribution is 14.0. The number of benzene rings is 1. The van der Waals surface area contributed by atoms with Gasteiger partial charge in [-0.05, 0) is 32.5 Å². The van der Waals surface area contributed by atoms with Gasteiger partial charge in [-0.1, -0.05) is 30.3 Å². The van der Waals surface area contributed by atoms with Gasteiger partial charge in [-0.2, -0.15) is 0 Å². The Morgan fingerprint density at radius 2 is 1.75 bits per heavy atom. The quantitative estimate of drug-likeness (QED) is 0.381. The molecule has 1 aromatic rings. The second-order valence-electron chi connectivity index (χ2n) is 7.88. The molecule has 2 heterocycles. The molecule has 28 heavy (non-hydrogen) atoms. The zero-order valence-corrected chi connectivity index (χ0v) is 19.9. The standard InChI is InChI=1S/C21H35N5O.HI/c1-22-20(23-18-21(24(2)3)9-15-27-16-10-21)26-13-11-25(12-14-26)17-19-7-5-4-6-8-19;/h4-8H,9-18H2,1-3H3,(H,22,23);1H. The fourth-order valence-corrected chi connectivity index (χ4v) is 4.07. The first-order chi connectivity index (χ1) is 13.1. The van der Waals surface area contributed by atoms with E-state index in [2.05, 4.69) is 69.4 Å². The van der Waals surface area contributed by atoms with E-state index in [9.17, 15) is 0 Å². The number of rotatable bonds is 5. The summed E-state index contributed by atoms with van der Waals surface area (Å²) in [6, 6.07) is 10.7. The van der Waals surface area contributed by atoms with Crippen LogP contribution in [0.25, 0.3) is 0 Å². The summed E-state index contributed by atoms with van der Waals surface area (Å²) in [5.41, 5.74) is 1.55. The van der Waals surface area contributed by atoms with Gasteiger partial charge in [0.1, 0.15) is 0 Å². The third-order valence-corrected chi connectivity index (χ3v) is 6.08. The first-order valence-electron chi connectivity index (χ1n) is 10.1. The molecule has 0 spiro atoms. The molecule has 0 saturated carbocycles. The highest BCUT2D eigenvalue weighted by Crippen LogP contribution is 2.25. The molecule has 3 rings (SSSR count). The van der Waals surface area contributed by atoms with Crippen molar-refractivity contribution in [2.75, 3.05) is 67.1 Å². The molecule has 0 unspecified atom stereocenters. The second kappa shape index (κ2) is 11.3. The van der Waals surface area contributed by atoms with Crippen LogP contribution in [0.1, 0.15) is 18.4 Å². The van der Waals surface area contributed by atoms with E-state index >= 15 is 0 Å². The monoisotopic (exact) mass is 501 g/mol. The number of aliphatic imine (C=N–C) groups is 1. The minimum absolute atomic E-state index is 0. The molecule has 0 atom stereocenters. The predicted octanol–water partition coefficient (Wildman–Crippen LogP) is 2.11. The molecule has 0 aliphatic carbocycles. The van der Waals surface area contributed by atoms with Gasteiger partial charge in [0.2, 0.25) is 0 Å². The van der Waals surface area contributed by atoms with Gasteiger partial charge in [0, 0.05) is 65.1 Å². The first-order valence-corrected chi connectivity index (χ1v) is 10.1. The molecule has 1 N–H and O–H groups in total. The summed E-state index contributed by atoms with van der Waals surface area (Å²) in [5, 5.41) is 3.66. The number of guanidine groups is 1. The highest BCUT2D eigenvalue weighted by atomic mass is 127. The molecule has 2 aliphatic heterocycles. The fraction of sp³-hybridized carbons (Fsp3) is 0.667. The van der Waals surface area contributed by atoms with E-state index in [0.717, 1.165) is 71.3 Å². The van der Waals surface area contributed by atoms with Crippen molar-refractivity contribution >= 4 is 29.9 Å². The zero-order chi connectivity index (χ0) is 19.1. The maximum Gasteiger partial charge on any atom is 0.193 e. The van der Waals surface area contributed by atoms with E-state index in [0.29, 0.717) is 0 Å². The Morgan fingerprint density at radius 3 is 2.32 bits per heavy atom. The van der Waals surface area contributed by atoms with E-state index in [1.807, 2.05) is 7.05 Å². The Kier molecular flexibility index (Phi) is 9.46. The van der Waals surface area contributed by atoms with Crippen molar-refractivity contribution in [2.45, 2.75) is 24.9 Å². The summed E-state index contributed by atoms with van der Waals surface area (Å²) in [6.07, 6.45) is 2.13. The van der Waals surface area contributed by atoms with Crippen LogP contribution < -0.4 is 5.32 Å². The van der Waals surface area contributed by atoms with E-state index in [4.69, 9.17) is 4.74 Å². The molecule has 0 aromatic heterocycles. The highest BCUT2D eigenvalue weighted by Gasteiger charge is 2.35. The van der Waals surface area contributed by atoms with Crippen LogP contribution in [0.15, 0.2) is 35.3 Å². The second-order valence-corrected chi connectivity index (χ2v) is 7.88. The number of ether oxygens (including phenoxy) is 1. The average molecular weight is 501 g/mol. The molecule has 158 valence electrons. The number of nitrogens with one attached hydrogen (secondary N) is 1. The van der Waals surface area contributed by atoms with Crippen molar-refractivity contribution in [2.24, 2.45) is 4.99 Å². The molecule has 2 fully saturated rings. The van der Waals surface area contributed by atoms with Crippen molar-refractivity contribution < 1.29 is 4.74 Å². The molecule has 6 nitrogen and oxygen atoms in total. The van der Waals surface area contributed by atoms with Crippen molar-refractivity contribution in [1.29, 1.82) is 0 Å². The van der Waals surface area contributed by atoms with Gasteiger partial charge in [0.25, 0.3) is 0 Å². The Bertz CT molecular complexity index is 596. The summed E-state index contributed by atoms with van der Waals surface area (Å²) in [7, 11) is 6.25. The zero-order valence-electron chi connectivity index (χ0n) is 17.6. The smallest absolute Gasteiger partial charge is 0.193 e. The van der Waals surface area contributed by atoms with Crippen molar-refractivity contribution in [1.82, 2.24) is 20.0 Å². The maximum absolute atomic E-state index is 5.58. The maximum atomic E-state index is 5.58. The van der Waals surface area contributed by atoms with Crippen LogP contribution in [0.2, 0.25) is 0 Å². The third-order valence-electron chi connectivity index (χ3n) is 6.08. The van der Waals surface area contributed by atoms with Gasteiger partial charge in [-0.3, -0.25) is 9.89 Å². The number of hydrogen-bond donors (Lipinski definition) is 1. The topological polar surface area (TPSA) is 43.3 Å². The Morgan fingerprint density at radius 1 is 1.11 bits per heavy atom. The molecule has 1 aromatic carbocycles. The molecule has 2 saturated heterocycles. The summed E-state index contributed by atoms with van der Waals surface area (Å²) < 4.78 is 5.58. The average Bonchev–Trinajstić information content (AvgIpc) is 2.71. The Balaban J connectivity index is 0.00000280. The van der Waals surface area contributed by atoms with Crippen molar-refractivity contribution in [3.8, 4) is 0 Å². The molecular formula is C21H36IN5O. The lowest BCUT2D eigenvalue weighted by molar-refractivity contribution is -0.00535. The van der Waals surface area contributed by atoms with Crippen LogP contribution in [-0.2, 0) is 11.3 Å². The molecule has 2 aliphatic rings. The van der Waals surface area contributed by atoms with Gasteiger partial charge in [0.15, 0.2) is 5.96 Å². The Hall–Kier alpha value is -0.900. The molecular weight excluding hydrogens is 465 g/mol. The van der Waals surface area contributed by atoms with E-state index in [1.54, 1.807) is 0 Å². The van der Waals surface area contributed by atoms with Gasteiger partial charge in [0.05, 0.1) is 0 Å². The third kappa shape index (κ3) is 6.05. The van der Waals surface area contributed by atoms with Crippen LogP contribution in [0.5, 0.6) is 0 Å². The number of halogens is 1. The van der Waals surface area contributed by atoms with Crippen molar-refractivity contribution in [3.05, 3.63) is 35.9 Å². The number of piperazine rings is 1. The minimum atomic E-state index is 0. The normalized spacial score (nSPS) is 20.7. The largest absolute Gasteiger partial charge is 0.381 e. The van der Waals surface area contributed by atoms with Gasteiger partial charge < -0.3 is 19.9 Å².